The Labute approximate surface area is 313 Å². The summed E-state index contributed by atoms with van der Waals surface area (Å²) >= 11 is 1.87. The molecule has 0 bridgehead atoms. The predicted octanol–water partition coefficient (Wildman–Crippen LogP) is 15.0. The Morgan fingerprint density at radius 3 is 1.36 bits per heavy atom. The fourth-order valence-electron chi connectivity index (χ4n) is 7.80. The van der Waals surface area contributed by atoms with Gasteiger partial charge in [0.05, 0.1) is 11.4 Å². The van der Waals surface area contributed by atoms with E-state index in [1.807, 2.05) is 11.3 Å². The molecule has 0 aliphatic carbocycles. The third-order valence-corrected chi connectivity index (χ3v) is 11.4. The largest absolute Gasteiger partial charge is 0.310 e. The summed E-state index contributed by atoms with van der Waals surface area (Å²) in [5, 5.41) is 7.41. The summed E-state index contributed by atoms with van der Waals surface area (Å²) < 4.78 is 2.60. The van der Waals surface area contributed by atoms with Crippen LogP contribution in [0.15, 0.2) is 206 Å². The number of fused-ring (bicyclic) bond motifs is 5. The first kappa shape index (κ1) is 31.1. The zero-order valence-electron chi connectivity index (χ0n) is 28.9. The quantitative estimate of drug-likeness (QED) is 0.164. The van der Waals surface area contributed by atoms with Crippen LogP contribution in [0.4, 0.5) is 34.1 Å². The molecule has 0 aliphatic rings. The molecular formula is C50H34N2S. The Morgan fingerprint density at radius 1 is 0.321 bits per heavy atom. The summed E-state index contributed by atoms with van der Waals surface area (Å²) in [6.45, 7) is 0. The Morgan fingerprint density at radius 2 is 0.774 bits per heavy atom. The van der Waals surface area contributed by atoms with Crippen LogP contribution in [0.5, 0.6) is 0 Å². The maximum absolute atomic E-state index is 2.42. The number of nitrogens with zero attached hydrogens (tertiary/aromatic N) is 2. The van der Waals surface area contributed by atoms with Gasteiger partial charge in [0.15, 0.2) is 0 Å². The van der Waals surface area contributed by atoms with E-state index in [-0.39, 0.29) is 0 Å². The van der Waals surface area contributed by atoms with Gasteiger partial charge in [-0.2, -0.15) is 0 Å². The predicted molar refractivity (Wildman–Crippen MR) is 229 cm³/mol. The molecule has 0 saturated carbocycles. The first-order valence-electron chi connectivity index (χ1n) is 18.0. The third-order valence-electron chi connectivity index (χ3n) is 10.2. The second kappa shape index (κ2) is 13.1. The maximum Gasteiger partial charge on any atom is 0.0540 e. The topological polar surface area (TPSA) is 6.48 Å². The van der Waals surface area contributed by atoms with Gasteiger partial charge in [-0.3, -0.25) is 0 Å². The van der Waals surface area contributed by atoms with Gasteiger partial charge in [-0.25, -0.2) is 0 Å². The number of hydrogen-bond donors (Lipinski definition) is 0. The van der Waals surface area contributed by atoms with Gasteiger partial charge in [-0.1, -0.05) is 146 Å². The van der Waals surface area contributed by atoms with Gasteiger partial charge < -0.3 is 9.80 Å². The van der Waals surface area contributed by atoms with Gasteiger partial charge in [0.2, 0.25) is 0 Å². The lowest BCUT2D eigenvalue weighted by molar-refractivity contribution is 1.26. The van der Waals surface area contributed by atoms with E-state index in [1.165, 1.54) is 47.3 Å². The van der Waals surface area contributed by atoms with Gasteiger partial charge in [-0.05, 0) is 82.6 Å². The number of thiophene rings is 1. The number of anilines is 6. The van der Waals surface area contributed by atoms with E-state index in [4.69, 9.17) is 0 Å². The Kier molecular flexibility index (Phi) is 7.71. The van der Waals surface area contributed by atoms with Crippen molar-refractivity contribution in [1.82, 2.24) is 0 Å². The van der Waals surface area contributed by atoms with Gasteiger partial charge >= 0.3 is 0 Å². The summed E-state index contributed by atoms with van der Waals surface area (Å²) in [5.41, 5.74) is 9.02. The molecule has 0 unspecified atom stereocenters. The highest BCUT2D eigenvalue weighted by Gasteiger charge is 2.22. The average molecular weight is 695 g/mol. The third kappa shape index (κ3) is 5.50. The van der Waals surface area contributed by atoms with Crippen LogP contribution in [-0.2, 0) is 0 Å². The first-order valence-corrected chi connectivity index (χ1v) is 18.8. The summed E-state index contributed by atoms with van der Waals surface area (Å²) in [6, 6.07) is 74.8. The molecule has 0 saturated heterocycles. The zero-order valence-corrected chi connectivity index (χ0v) is 29.7. The normalized spacial score (nSPS) is 11.4. The number of benzene rings is 9. The van der Waals surface area contributed by atoms with Crippen LogP contribution in [0.25, 0.3) is 52.8 Å². The smallest absolute Gasteiger partial charge is 0.0540 e. The van der Waals surface area contributed by atoms with E-state index < -0.39 is 0 Å². The fourth-order valence-corrected chi connectivity index (χ4v) is 9.04. The maximum atomic E-state index is 2.42. The Hall–Kier alpha value is -6.68. The molecule has 2 nitrogen and oxygen atoms in total. The highest BCUT2D eigenvalue weighted by Crippen LogP contribution is 2.47. The fraction of sp³-hybridized carbons (Fsp3) is 0. The monoisotopic (exact) mass is 694 g/mol. The van der Waals surface area contributed by atoms with Crippen molar-refractivity contribution in [3.8, 4) is 11.1 Å². The van der Waals surface area contributed by atoms with Gasteiger partial charge in [0, 0.05) is 53.7 Å². The molecule has 1 heterocycles. The molecule has 0 N–H and O–H groups in total. The van der Waals surface area contributed by atoms with Crippen LogP contribution in [0, 0.1) is 0 Å². The molecule has 10 aromatic rings. The van der Waals surface area contributed by atoms with Crippen LogP contribution < -0.4 is 9.80 Å². The highest BCUT2D eigenvalue weighted by molar-refractivity contribution is 7.26. The molecule has 3 heteroatoms. The molecule has 0 aliphatic heterocycles. The minimum atomic E-state index is 1.08. The average Bonchev–Trinajstić information content (AvgIpc) is 3.61. The molecular weight excluding hydrogens is 661 g/mol. The van der Waals surface area contributed by atoms with Crippen LogP contribution in [0.3, 0.4) is 0 Å². The van der Waals surface area contributed by atoms with Crippen molar-refractivity contribution in [3.05, 3.63) is 206 Å². The van der Waals surface area contributed by atoms with Gasteiger partial charge in [0.25, 0.3) is 0 Å². The highest BCUT2D eigenvalue weighted by atomic mass is 32.1. The van der Waals surface area contributed by atoms with E-state index in [9.17, 15) is 0 Å². The molecule has 1 aromatic heterocycles. The molecule has 250 valence electrons. The molecule has 0 amide bonds. The summed E-state index contributed by atoms with van der Waals surface area (Å²) in [5.74, 6) is 0. The summed E-state index contributed by atoms with van der Waals surface area (Å²) in [7, 11) is 0. The first-order chi connectivity index (χ1) is 26.3. The van der Waals surface area contributed by atoms with Crippen molar-refractivity contribution in [1.29, 1.82) is 0 Å². The van der Waals surface area contributed by atoms with E-state index in [2.05, 4.69) is 216 Å². The van der Waals surface area contributed by atoms with Crippen LogP contribution in [0.1, 0.15) is 0 Å². The molecule has 0 fully saturated rings. The SMILES string of the molecule is c1ccc(N(c2cc(-c3cccc4c3sc3ccccc34)cc(N(c3ccccc3)c3cccc4ccccc34)c2)c2cccc3ccccc23)cc1. The Balaban J connectivity index is 1.30. The van der Waals surface area contributed by atoms with Gasteiger partial charge in [-0.15, -0.1) is 11.3 Å². The Bertz CT molecular complexity index is 2760. The molecule has 0 atom stereocenters. The minimum Gasteiger partial charge on any atom is -0.310 e. The molecule has 10 rings (SSSR count). The molecule has 0 radical (unpaired) electrons. The second-order valence-corrected chi connectivity index (χ2v) is 14.4. The van der Waals surface area contributed by atoms with Crippen molar-refractivity contribution in [2.75, 3.05) is 9.80 Å². The van der Waals surface area contributed by atoms with Crippen LogP contribution >= 0.6 is 11.3 Å². The molecule has 9 aromatic carbocycles. The van der Waals surface area contributed by atoms with Crippen molar-refractivity contribution < 1.29 is 0 Å². The van der Waals surface area contributed by atoms with Gasteiger partial charge in [0.1, 0.15) is 0 Å². The lowest BCUT2D eigenvalue weighted by Crippen LogP contribution is -2.14. The van der Waals surface area contributed by atoms with Crippen molar-refractivity contribution >= 4 is 87.2 Å². The lowest BCUT2D eigenvalue weighted by Gasteiger charge is -2.31. The van der Waals surface area contributed by atoms with Crippen molar-refractivity contribution in [2.45, 2.75) is 0 Å². The number of rotatable bonds is 7. The standard InChI is InChI=1S/C50H34N2S/c1-3-20-38(21-4-1)51(47-29-13-18-35-16-7-9-24-42(35)47)40-32-37(44-27-15-28-46-45-26-11-12-31-49(45)53-50(44)46)33-41(34-40)52(39-22-5-2-6-23-39)48-30-14-19-36-17-8-10-25-43(36)48/h1-34H. The molecule has 53 heavy (non-hydrogen) atoms. The van der Waals surface area contributed by atoms with E-state index in [0.717, 1.165) is 39.7 Å². The van der Waals surface area contributed by atoms with Crippen LogP contribution in [-0.4, -0.2) is 0 Å². The lowest BCUT2D eigenvalue weighted by atomic mass is 9.99. The van der Waals surface area contributed by atoms with E-state index >= 15 is 0 Å². The summed E-state index contributed by atoms with van der Waals surface area (Å²) in [4.78, 5) is 4.85. The van der Waals surface area contributed by atoms with Crippen LogP contribution in [0.2, 0.25) is 0 Å². The van der Waals surface area contributed by atoms with Crippen molar-refractivity contribution in [3.63, 3.8) is 0 Å². The minimum absolute atomic E-state index is 1.08. The summed E-state index contributed by atoms with van der Waals surface area (Å²) in [6.07, 6.45) is 0. The second-order valence-electron chi connectivity index (χ2n) is 13.4. The zero-order chi connectivity index (χ0) is 35.1. The number of hydrogen-bond acceptors (Lipinski definition) is 3. The molecule has 0 spiro atoms. The van der Waals surface area contributed by atoms with Crippen molar-refractivity contribution in [2.24, 2.45) is 0 Å². The van der Waals surface area contributed by atoms with E-state index in [1.54, 1.807) is 0 Å². The van der Waals surface area contributed by atoms with E-state index in [0.29, 0.717) is 0 Å². The number of para-hydroxylation sites is 2.